The van der Waals surface area contributed by atoms with Crippen molar-refractivity contribution in [2.75, 3.05) is 31.7 Å². The molecule has 0 bridgehead atoms. The number of hydrogen-bond acceptors (Lipinski definition) is 7. The fourth-order valence-electron chi connectivity index (χ4n) is 2.83. The highest BCUT2D eigenvalue weighted by Gasteiger charge is 2.33. The summed E-state index contributed by atoms with van der Waals surface area (Å²) in [6, 6.07) is 0. The maximum Gasteiger partial charge on any atom is 0.410 e. The summed E-state index contributed by atoms with van der Waals surface area (Å²) in [5.41, 5.74) is 0.561. The number of hydrogen-bond donors (Lipinski definition) is 2. The minimum atomic E-state index is -0.456. The maximum atomic E-state index is 12.2. The van der Waals surface area contributed by atoms with Crippen LogP contribution in [0.1, 0.15) is 46.1 Å². The summed E-state index contributed by atoms with van der Waals surface area (Å²) < 4.78 is 5.47. The van der Waals surface area contributed by atoms with Crippen LogP contribution in [0.5, 0.6) is 0 Å². The molecule has 0 atom stereocenters. The molecule has 0 saturated carbocycles. The van der Waals surface area contributed by atoms with E-state index in [0.29, 0.717) is 19.6 Å². The van der Waals surface area contributed by atoms with Crippen LogP contribution >= 0.6 is 11.8 Å². The Morgan fingerprint density at radius 1 is 1.38 bits per heavy atom. The summed E-state index contributed by atoms with van der Waals surface area (Å²) in [5, 5.41) is 7.53. The van der Waals surface area contributed by atoms with Crippen LogP contribution in [-0.2, 0) is 11.3 Å². The lowest BCUT2D eigenvalue weighted by Crippen LogP contribution is -2.53. The van der Waals surface area contributed by atoms with Gasteiger partial charge in [-0.2, -0.15) is 0 Å². The Morgan fingerprint density at radius 2 is 2.04 bits per heavy atom. The molecule has 2 heterocycles. The number of amides is 1. The number of rotatable bonds is 5. The molecule has 0 aromatic carbocycles. The van der Waals surface area contributed by atoms with Gasteiger partial charge in [0.25, 0.3) is 0 Å². The Kier molecular flexibility index (Phi) is 6.74. The van der Waals surface area contributed by atoms with E-state index in [-0.39, 0.29) is 11.6 Å². The standard InChI is InChI=1S/C18H31N5O2S/c1-17(2,3)25-16(24)23-9-7-18(4,8-10-23)21-12-13-11-20-15(26-6)22-14(13)19-5/h11,21H,7-10,12H2,1-6H3,(H,19,20,22). The number of carbonyl (C=O) groups excluding carboxylic acids is 1. The fraction of sp³-hybridized carbons (Fsp3) is 0.722. The number of likely N-dealkylation sites (tertiary alicyclic amines) is 1. The van der Waals surface area contributed by atoms with Crippen molar-refractivity contribution < 1.29 is 9.53 Å². The maximum absolute atomic E-state index is 12.2. The van der Waals surface area contributed by atoms with E-state index < -0.39 is 5.60 Å². The molecule has 2 N–H and O–H groups in total. The Bertz CT molecular complexity index is 624. The molecule has 146 valence electrons. The molecule has 0 radical (unpaired) electrons. The van der Waals surface area contributed by atoms with E-state index >= 15 is 0 Å². The Morgan fingerprint density at radius 3 is 2.58 bits per heavy atom. The Balaban J connectivity index is 1.91. The van der Waals surface area contributed by atoms with Crippen LogP contribution in [0, 0.1) is 0 Å². The monoisotopic (exact) mass is 381 g/mol. The number of piperidine rings is 1. The van der Waals surface area contributed by atoms with Gasteiger partial charge in [-0.05, 0) is 46.8 Å². The van der Waals surface area contributed by atoms with Gasteiger partial charge in [0.1, 0.15) is 11.4 Å². The van der Waals surface area contributed by atoms with Crippen molar-refractivity contribution in [1.29, 1.82) is 0 Å². The molecule has 1 amide bonds. The van der Waals surface area contributed by atoms with Gasteiger partial charge in [-0.1, -0.05) is 11.8 Å². The third-order valence-corrected chi connectivity index (χ3v) is 5.05. The topological polar surface area (TPSA) is 79.4 Å². The van der Waals surface area contributed by atoms with Gasteiger partial charge >= 0.3 is 6.09 Å². The quantitative estimate of drug-likeness (QED) is 0.599. The van der Waals surface area contributed by atoms with E-state index in [4.69, 9.17) is 4.74 Å². The van der Waals surface area contributed by atoms with Gasteiger partial charge in [0, 0.05) is 44.0 Å². The van der Waals surface area contributed by atoms with Gasteiger partial charge in [0.2, 0.25) is 0 Å². The van der Waals surface area contributed by atoms with Crippen LogP contribution in [0.2, 0.25) is 0 Å². The van der Waals surface area contributed by atoms with Gasteiger partial charge in [0.05, 0.1) is 0 Å². The number of ether oxygens (including phenoxy) is 1. The molecular weight excluding hydrogens is 350 g/mol. The Hall–Kier alpha value is -1.54. The van der Waals surface area contributed by atoms with E-state index in [1.807, 2.05) is 40.3 Å². The second-order valence-corrected chi connectivity index (χ2v) is 8.64. The van der Waals surface area contributed by atoms with Crippen molar-refractivity contribution in [2.24, 2.45) is 0 Å². The van der Waals surface area contributed by atoms with E-state index in [0.717, 1.165) is 29.4 Å². The third kappa shape index (κ3) is 5.74. The summed E-state index contributed by atoms with van der Waals surface area (Å²) >= 11 is 1.53. The number of thioether (sulfide) groups is 1. The van der Waals surface area contributed by atoms with Crippen molar-refractivity contribution in [3.05, 3.63) is 11.8 Å². The highest BCUT2D eigenvalue weighted by Crippen LogP contribution is 2.25. The molecule has 0 spiro atoms. The van der Waals surface area contributed by atoms with E-state index in [2.05, 4.69) is 27.5 Å². The zero-order valence-electron chi connectivity index (χ0n) is 16.7. The molecule has 1 aromatic heterocycles. The molecule has 0 aliphatic carbocycles. The van der Waals surface area contributed by atoms with Gasteiger partial charge < -0.3 is 20.3 Å². The van der Waals surface area contributed by atoms with Gasteiger partial charge in [0.15, 0.2) is 5.16 Å². The average Bonchev–Trinajstić information content (AvgIpc) is 2.59. The van der Waals surface area contributed by atoms with Crippen LogP contribution < -0.4 is 10.6 Å². The van der Waals surface area contributed by atoms with Crippen LogP contribution in [0.3, 0.4) is 0 Å². The summed E-state index contributed by atoms with van der Waals surface area (Å²) in [5.74, 6) is 0.853. The molecule has 1 aliphatic heterocycles. The zero-order chi connectivity index (χ0) is 19.4. The minimum Gasteiger partial charge on any atom is -0.444 e. The van der Waals surface area contributed by atoms with Gasteiger partial charge in [-0.25, -0.2) is 14.8 Å². The fourth-order valence-corrected chi connectivity index (χ4v) is 3.17. The molecule has 7 nitrogen and oxygen atoms in total. The first kappa shape index (κ1) is 20.8. The number of aromatic nitrogens is 2. The number of carbonyl (C=O) groups is 1. The summed E-state index contributed by atoms with van der Waals surface area (Å²) in [6.07, 6.45) is 5.37. The highest BCUT2D eigenvalue weighted by molar-refractivity contribution is 7.98. The Labute approximate surface area is 160 Å². The largest absolute Gasteiger partial charge is 0.444 e. The molecule has 1 fully saturated rings. The van der Waals surface area contributed by atoms with Crippen LogP contribution in [0.4, 0.5) is 10.6 Å². The predicted molar refractivity (Wildman–Crippen MR) is 106 cm³/mol. The normalized spacial score (nSPS) is 17.1. The molecule has 1 saturated heterocycles. The lowest BCUT2D eigenvalue weighted by molar-refractivity contribution is 0.0157. The molecule has 1 aromatic rings. The number of nitrogens with zero attached hydrogens (tertiary/aromatic N) is 3. The lowest BCUT2D eigenvalue weighted by atomic mass is 9.89. The first-order chi connectivity index (χ1) is 12.2. The van der Waals surface area contributed by atoms with Crippen molar-refractivity contribution in [2.45, 2.75) is 63.4 Å². The van der Waals surface area contributed by atoms with E-state index in [1.165, 1.54) is 11.8 Å². The molecule has 2 rings (SSSR count). The second-order valence-electron chi connectivity index (χ2n) is 7.86. The smallest absolute Gasteiger partial charge is 0.410 e. The van der Waals surface area contributed by atoms with Gasteiger partial charge in [-0.3, -0.25) is 0 Å². The van der Waals surface area contributed by atoms with Gasteiger partial charge in [-0.15, -0.1) is 0 Å². The first-order valence-electron chi connectivity index (χ1n) is 8.96. The summed E-state index contributed by atoms with van der Waals surface area (Å²) in [4.78, 5) is 22.9. The third-order valence-electron chi connectivity index (χ3n) is 4.49. The van der Waals surface area contributed by atoms with Crippen LogP contribution in [0.25, 0.3) is 0 Å². The highest BCUT2D eigenvalue weighted by atomic mass is 32.2. The lowest BCUT2D eigenvalue weighted by Gasteiger charge is -2.40. The molecule has 26 heavy (non-hydrogen) atoms. The van der Waals surface area contributed by atoms with Crippen molar-refractivity contribution in [3.8, 4) is 0 Å². The second kappa shape index (κ2) is 8.43. The number of nitrogens with one attached hydrogen (secondary N) is 2. The van der Waals surface area contributed by atoms with Crippen molar-refractivity contribution in [1.82, 2.24) is 20.2 Å². The summed E-state index contributed by atoms with van der Waals surface area (Å²) in [7, 11) is 1.87. The van der Waals surface area contributed by atoms with Crippen LogP contribution in [-0.4, -0.2) is 58.5 Å². The number of anilines is 1. The zero-order valence-corrected chi connectivity index (χ0v) is 17.5. The average molecular weight is 382 g/mol. The molecule has 1 aliphatic rings. The van der Waals surface area contributed by atoms with E-state index in [1.54, 1.807) is 4.90 Å². The van der Waals surface area contributed by atoms with E-state index in [9.17, 15) is 4.79 Å². The predicted octanol–water partition coefficient (Wildman–Crippen LogP) is 3.12. The molecular formula is C18H31N5O2S. The van der Waals surface area contributed by atoms with Crippen molar-refractivity contribution in [3.63, 3.8) is 0 Å². The summed E-state index contributed by atoms with van der Waals surface area (Å²) in [6.45, 7) is 9.96. The SMILES string of the molecule is CNc1nc(SC)ncc1CNC1(C)CCN(C(=O)OC(C)(C)C)CC1. The minimum absolute atomic E-state index is 0.0261. The molecule has 0 unspecified atom stereocenters. The van der Waals surface area contributed by atoms with Crippen LogP contribution in [0.15, 0.2) is 11.4 Å². The molecule has 8 heteroatoms. The first-order valence-corrected chi connectivity index (χ1v) is 10.2. The van der Waals surface area contributed by atoms with Crippen molar-refractivity contribution >= 4 is 23.7 Å².